The van der Waals surface area contributed by atoms with Gasteiger partial charge in [0.1, 0.15) is 0 Å². The van der Waals surface area contributed by atoms with Crippen LogP contribution >= 0.6 is 0 Å². The maximum absolute atomic E-state index is 11.2. The number of piperazine rings is 2. The monoisotopic (exact) mass is 169 g/mol. The van der Waals surface area contributed by atoms with E-state index in [0.29, 0.717) is 13.1 Å². The summed E-state index contributed by atoms with van der Waals surface area (Å²) >= 11 is 0. The maximum atomic E-state index is 11.2. The Morgan fingerprint density at radius 2 is 2.17 bits per heavy atom. The minimum absolute atomic E-state index is 0.156. The smallest absolute Gasteiger partial charge is 0.312 e. The highest BCUT2D eigenvalue weighted by molar-refractivity contribution is 6.35. The number of rotatable bonds is 0. The van der Waals surface area contributed by atoms with Crippen molar-refractivity contribution in [1.82, 2.24) is 15.5 Å². The van der Waals surface area contributed by atoms with Crippen LogP contribution in [0.4, 0.5) is 0 Å². The van der Waals surface area contributed by atoms with Gasteiger partial charge in [0.15, 0.2) is 0 Å². The first kappa shape index (κ1) is 7.54. The summed E-state index contributed by atoms with van der Waals surface area (Å²) in [6, 6.07) is 0.156. The second-order valence-corrected chi connectivity index (χ2v) is 3.07. The van der Waals surface area contributed by atoms with Crippen molar-refractivity contribution in [3.8, 4) is 0 Å². The zero-order valence-electron chi connectivity index (χ0n) is 6.67. The number of nitrogens with one attached hydrogen (secondary N) is 2. The van der Waals surface area contributed by atoms with Gasteiger partial charge in [-0.25, -0.2) is 0 Å². The van der Waals surface area contributed by atoms with Gasteiger partial charge in [0.05, 0.1) is 6.04 Å². The van der Waals surface area contributed by atoms with Gasteiger partial charge in [0.2, 0.25) is 0 Å². The third-order valence-corrected chi connectivity index (χ3v) is 2.30. The van der Waals surface area contributed by atoms with Gasteiger partial charge in [-0.05, 0) is 0 Å². The molecule has 1 atom stereocenters. The first-order valence-electron chi connectivity index (χ1n) is 4.08. The van der Waals surface area contributed by atoms with E-state index in [0.717, 1.165) is 13.1 Å². The molecule has 0 saturated carbocycles. The molecule has 2 aliphatic heterocycles. The second kappa shape index (κ2) is 2.75. The van der Waals surface area contributed by atoms with Crippen LogP contribution in [-0.2, 0) is 9.59 Å². The fraction of sp³-hybridized carbons (Fsp3) is 0.714. The molecule has 2 amide bonds. The molecule has 66 valence electrons. The molecule has 0 radical (unpaired) electrons. The van der Waals surface area contributed by atoms with Gasteiger partial charge in [0, 0.05) is 26.2 Å². The predicted octanol–water partition coefficient (Wildman–Crippen LogP) is -2.08. The minimum Gasteiger partial charge on any atom is -0.346 e. The topological polar surface area (TPSA) is 61.4 Å². The van der Waals surface area contributed by atoms with Crippen LogP contribution in [0.2, 0.25) is 0 Å². The largest absolute Gasteiger partial charge is 0.346 e. The molecule has 0 bridgehead atoms. The van der Waals surface area contributed by atoms with Crippen molar-refractivity contribution in [2.75, 3.05) is 26.2 Å². The minimum atomic E-state index is -0.465. The van der Waals surface area contributed by atoms with Crippen molar-refractivity contribution >= 4 is 11.8 Å². The first-order valence-corrected chi connectivity index (χ1v) is 4.08. The molecule has 2 heterocycles. The fourth-order valence-corrected chi connectivity index (χ4v) is 1.63. The van der Waals surface area contributed by atoms with Gasteiger partial charge in [0.25, 0.3) is 0 Å². The third-order valence-electron chi connectivity index (χ3n) is 2.30. The van der Waals surface area contributed by atoms with Crippen LogP contribution in [-0.4, -0.2) is 48.9 Å². The van der Waals surface area contributed by atoms with Crippen LogP contribution in [0.25, 0.3) is 0 Å². The van der Waals surface area contributed by atoms with Crippen LogP contribution in [0.3, 0.4) is 0 Å². The molecular weight excluding hydrogens is 158 g/mol. The molecule has 0 unspecified atom stereocenters. The molecule has 0 aromatic carbocycles. The number of nitrogens with zero attached hydrogens (tertiary/aromatic N) is 1. The lowest BCUT2D eigenvalue weighted by molar-refractivity contribution is -0.151. The lowest BCUT2D eigenvalue weighted by atomic mass is 10.1. The second-order valence-electron chi connectivity index (χ2n) is 3.07. The van der Waals surface area contributed by atoms with Crippen molar-refractivity contribution in [3.63, 3.8) is 0 Å². The van der Waals surface area contributed by atoms with E-state index in [1.165, 1.54) is 0 Å². The predicted molar refractivity (Wildman–Crippen MR) is 41.4 cm³/mol. The van der Waals surface area contributed by atoms with Gasteiger partial charge < -0.3 is 15.5 Å². The molecule has 2 rings (SSSR count). The summed E-state index contributed by atoms with van der Waals surface area (Å²) in [6.45, 7) is 2.80. The van der Waals surface area contributed by atoms with Gasteiger partial charge in [-0.1, -0.05) is 0 Å². The molecule has 2 fully saturated rings. The molecule has 2 N–H and O–H groups in total. The van der Waals surface area contributed by atoms with Crippen LogP contribution in [0, 0.1) is 0 Å². The van der Waals surface area contributed by atoms with Gasteiger partial charge in [-0.2, -0.15) is 0 Å². The quantitative estimate of drug-likeness (QED) is 0.409. The summed E-state index contributed by atoms with van der Waals surface area (Å²) in [5.74, 6) is -0.846. The summed E-state index contributed by atoms with van der Waals surface area (Å²) in [6.07, 6.45) is 0. The van der Waals surface area contributed by atoms with E-state index in [9.17, 15) is 9.59 Å². The molecule has 0 aromatic rings. The van der Waals surface area contributed by atoms with Gasteiger partial charge in [-0.3, -0.25) is 9.59 Å². The average molecular weight is 169 g/mol. The number of carbonyl (C=O) groups is 2. The van der Waals surface area contributed by atoms with Crippen molar-refractivity contribution in [1.29, 1.82) is 0 Å². The van der Waals surface area contributed by atoms with E-state index < -0.39 is 5.91 Å². The Hall–Kier alpha value is -1.10. The Labute approximate surface area is 70.1 Å². The fourth-order valence-electron chi connectivity index (χ4n) is 1.63. The molecule has 0 spiro atoms. The summed E-state index contributed by atoms with van der Waals surface area (Å²) in [5, 5.41) is 5.73. The summed E-state index contributed by atoms with van der Waals surface area (Å²) in [7, 11) is 0. The van der Waals surface area contributed by atoms with Gasteiger partial charge in [-0.15, -0.1) is 0 Å². The average Bonchev–Trinajstić information content (AvgIpc) is 2.12. The number of hydrogen-bond acceptors (Lipinski definition) is 3. The van der Waals surface area contributed by atoms with Crippen molar-refractivity contribution in [2.45, 2.75) is 6.04 Å². The Kier molecular flexibility index (Phi) is 1.73. The third kappa shape index (κ3) is 1.06. The van der Waals surface area contributed by atoms with Gasteiger partial charge >= 0.3 is 11.8 Å². The van der Waals surface area contributed by atoms with E-state index in [1.54, 1.807) is 4.90 Å². The summed E-state index contributed by atoms with van der Waals surface area (Å²) < 4.78 is 0. The number of amides is 2. The normalized spacial score (nSPS) is 29.7. The summed E-state index contributed by atoms with van der Waals surface area (Å²) in [5.41, 5.74) is 0. The molecule has 5 nitrogen and oxygen atoms in total. The lowest BCUT2D eigenvalue weighted by Gasteiger charge is -2.38. The van der Waals surface area contributed by atoms with Crippen molar-refractivity contribution in [2.24, 2.45) is 0 Å². The Balaban J connectivity index is 2.13. The molecule has 12 heavy (non-hydrogen) atoms. The highest BCUT2D eigenvalue weighted by Crippen LogP contribution is 2.06. The molecular formula is C7H11N3O2. The van der Waals surface area contributed by atoms with Crippen LogP contribution < -0.4 is 10.6 Å². The SMILES string of the molecule is O=C1NC[C@@H]2CNCCN2C1=O. The highest BCUT2D eigenvalue weighted by Gasteiger charge is 2.34. The first-order chi connectivity index (χ1) is 5.79. The zero-order valence-corrected chi connectivity index (χ0v) is 6.67. The molecule has 5 heteroatoms. The van der Waals surface area contributed by atoms with Crippen molar-refractivity contribution < 1.29 is 9.59 Å². The molecule has 2 saturated heterocycles. The number of carbonyl (C=O) groups excluding carboxylic acids is 2. The lowest BCUT2D eigenvalue weighted by Crippen LogP contribution is -2.64. The standard InChI is InChI=1S/C7H11N3O2/c11-6-7(12)10-2-1-8-3-5(10)4-9-6/h5,8H,1-4H2,(H,9,11)/t5-/m0/s1. The van der Waals surface area contributed by atoms with E-state index >= 15 is 0 Å². The van der Waals surface area contributed by atoms with E-state index in [4.69, 9.17) is 0 Å². The van der Waals surface area contributed by atoms with E-state index in [1.807, 2.05) is 0 Å². The highest BCUT2D eigenvalue weighted by atomic mass is 16.2. The van der Waals surface area contributed by atoms with E-state index in [2.05, 4.69) is 10.6 Å². The molecule has 0 aromatic heterocycles. The van der Waals surface area contributed by atoms with Crippen LogP contribution in [0.5, 0.6) is 0 Å². The van der Waals surface area contributed by atoms with Crippen LogP contribution in [0.1, 0.15) is 0 Å². The Bertz CT molecular complexity index is 229. The zero-order chi connectivity index (χ0) is 8.55. The van der Waals surface area contributed by atoms with Crippen molar-refractivity contribution in [3.05, 3.63) is 0 Å². The molecule has 0 aliphatic carbocycles. The molecule has 2 aliphatic rings. The maximum Gasteiger partial charge on any atom is 0.312 e. The van der Waals surface area contributed by atoms with E-state index in [-0.39, 0.29) is 11.9 Å². The number of fused-ring (bicyclic) bond motifs is 1. The Morgan fingerprint density at radius 1 is 1.33 bits per heavy atom. The van der Waals surface area contributed by atoms with Crippen LogP contribution in [0.15, 0.2) is 0 Å². The summed E-state index contributed by atoms with van der Waals surface area (Å²) in [4.78, 5) is 23.8. The number of hydrogen-bond donors (Lipinski definition) is 2. The Morgan fingerprint density at radius 3 is 3.00 bits per heavy atom.